The largest absolute Gasteiger partial charge is 0.392 e. The lowest BCUT2D eigenvalue weighted by atomic mass is 10.2. The third kappa shape index (κ3) is 3.30. The average Bonchev–Trinajstić information content (AvgIpc) is 3.11. The summed E-state index contributed by atoms with van der Waals surface area (Å²) in [6.07, 6.45) is 1.62. The second-order valence-electron chi connectivity index (χ2n) is 6.77. The molecule has 29 heavy (non-hydrogen) atoms. The molecule has 0 atom stereocenters. The molecule has 146 valence electrons. The average molecular weight is 388 g/mol. The van der Waals surface area contributed by atoms with Crippen LogP contribution < -0.4 is 5.73 Å². The fourth-order valence-electron chi connectivity index (χ4n) is 3.09. The van der Waals surface area contributed by atoms with E-state index in [2.05, 4.69) is 9.97 Å². The van der Waals surface area contributed by atoms with Crippen molar-refractivity contribution in [1.29, 1.82) is 0 Å². The van der Waals surface area contributed by atoms with E-state index >= 15 is 0 Å². The zero-order valence-electron chi connectivity index (χ0n) is 16.1. The van der Waals surface area contributed by atoms with Gasteiger partial charge in [-0.1, -0.05) is 12.1 Å². The van der Waals surface area contributed by atoms with Gasteiger partial charge in [0, 0.05) is 26.0 Å². The summed E-state index contributed by atoms with van der Waals surface area (Å²) in [7, 11) is 3.36. The number of nitrogen functional groups attached to an aromatic ring is 1. The topological polar surface area (TPSA) is 110 Å². The van der Waals surface area contributed by atoms with Gasteiger partial charge in [0.15, 0.2) is 11.5 Å². The molecule has 0 unspecified atom stereocenters. The van der Waals surface area contributed by atoms with Crippen LogP contribution in [0.15, 0.2) is 54.7 Å². The molecule has 3 aromatic heterocycles. The lowest BCUT2D eigenvalue weighted by molar-refractivity contribution is 0.0822. The highest BCUT2D eigenvalue weighted by Crippen LogP contribution is 2.30. The molecule has 0 saturated carbocycles. The van der Waals surface area contributed by atoms with Crippen LogP contribution in [0.25, 0.3) is 28.2 Å². The Hall–Kier alpha value is -3.78. The van der Waals surface area contributed by atoms with Crippen LogP contribution in [-0.4, -0.2) is 49.5 Å². The minimum atomic E-state index is -0.197. The fraction of sp³-hybridized carbons (Fsp3) is 0.143. The fourth-order valence-corrected chi connectivity index (χ4v) is 3.09. The number of hydrogen-bond acceptors (Lipinski definition) is 6. The minimum absolute atomic E-state index is 0.0485. The predicted molar refractivity (Wildman–Crippen MR) is 110 cm³/mol. The second kappa shape index (κ2) is 7.33. The van der Waals surface area contributed by atoms with Gasteiger partial charge in [-0.25, -0.2) is 15.0 Å². The number of anilines is 1. The van der Waals surface area contributed by atoms with E-state index in [0.29, 0.717) is 34.1 Å². The Morgan fingerprint density at radius 1 is 1.10 bits per heavy atom. The van der Waals surface area contributed by atoms with Gasteiger partial charge < -0.3 is 15.7 Å². The first-order valence-electron chi connectivity index (χ1n) is 9.02. The summed E-state index contributed by atoms with van der Waals surface area (Å²) >= 11 is 0. The summed E-state index contributed by atoms with van der Waals surface area (Å²) in [4.78, 5) is 27.4. The van der Waals surface area contributed by atoms with Crippen LogP contribution in [0.3, 0.4) is 0 Å². The van der Waals surface area contributed by atoms with E-state index in [4.69, 9.17) is 10.7 Å². The SMILES string of the molecule is CN(C)C(=O)c1ccc2nc(-c3cccnc3N)n(-c3ccc(CO)cc3)c2n1. The van der Waals surface area contributed by atoms with E-state index in [-0.39, 0.29) is 12.5 Å². The number of aliphatic hydroxyl groups excluding tert-OH is 1. The first-order chi connectivity index (χ1) is 14.0. The van der Waals surface area contributed by atoms with Crippen LogP contribution in [0.4, 0.5) is 5.82 Å². The standard InChI is InChI=1S/C21H20N6O2/c1-26(2)21(29)17-10-9-16-20(25-17)27(14-7-5-13(12-28)6-8-14)19(24-16)15-4-3-11-23-18(15)22/h3-11,28H,12H2,1-2H3,(H2,22,23). The molecule has 4 aromatic rings. The number of rotatable bonds is 4. The van der Waals surface area contributed by atoms with Crippen molar-refractivity contribution in [2.45, 2.75) is 6.61 Å². The summed E-state index contributed by atoms with van der Waals surface area (Å²) in [5, 5.41) is 9.35. The van der Waals surface area contributed by atoms with Crippen molar-refractivity contribution in [1.82, 2.24) is 24.4 Å². The molecular formula is C21H20N6O2. The molecule has 3 N–H and O–H groups in total. The van der Waals surface area contributed by atoms with Crippen LogP contribution in [0.5, 0.6) is 0 Å². The van der Waals surface area contributed by atoms with Crippen LogP contribution in [-0.2, 0) is 6.61 Å². The van der Waals surface area contributed by atoms with Gasteiger partial charge in [0.1, 0.15) is 17.0 Å². The van der Waals surface area contributed by atoms with Crippen molar-refractivity contribution < 1.29 is 9.90 Å². The molecule has 0 saturated heterocycles. The highest BCUT2D eigenvalue weighted by molar-refractivity contribution is 5.94. The Kier molecular flexibility index (Phi) is 4.69. The third-order valence-electron chi connectivity index (χ3n) is 4.59. The molecule has 1 amide bonds. The lowest BCUT2D eigenvalue weighted by Gasteiger charge is -2.12. The molecule has 0 bridgehead atoms. The Bertz CT molecular complexity index is 1200. The summed E-state index contributed by atoms with van der Waals surface area (Å²) in [6.45, 7) is -0.0485. The highest BCUT2D eigenvalue weighted by Gasteiger charge is 2.20. The Balaban J connectivity index is 2.01. The van der Waals surface area contributed by atoms with E-state index in [0.717, 1.165) is 11.3 Å². The van der Waals surface area contributed by atoms with Gasteiger partial charge in [0.2, 0.25) is 0 Å². The number of pyridine rings is 2. The summed E-state index contributed by atoms with van der Waals surface area (Å²) in [6, 6.07) is 14.4. The number of amides is 1. The first-order valence-corrected chi connectivity index (χ1v) is 9.02. The van der Waals surface area contributed by atoms with Gasteiger partial charge in [0.05, 0.1) is 12.2 Å². The Morgan fingerprint density at radius 2 is 1.86 bits per heavy atom. The predicted octanol–water partition coefficient (Wildman–Crippen LogP) is 2.26. The maximum absolute atomic E-state index is 12.4. The number of fused-ring (bicyclic) bond motifs is 1. The first kappa shape index (κ1) is 18.6. The third-order valence-corrected chi connectivity index (χ3v) is 4.59. The number of hydrogen-bond donors (Lipinski definition) is 2. The van der Waals surface area contributed by atoms with Crippen molar-refractivity contribution in [3.63, 3.8) is 0 Å². The van der Waals surface area contributed by atoms with E-state index < -0.39 is 0 Å². The lowest BCUT2D eigenvalue weighted by Crippen LogP contribution is -2.22. The van der Waals surface area contributed by atoms with E-state index in [1.807, 2.05) is 34.9 Å². The zero-order chi connectivity index (χ0) is 20.5. The quantitative estimate of drug-likeness (QED) is 0.555. The smallest absolute Gasteiger partial charge is 0.272 e. The molecule has 0 aliphatic rings. The van der Waals surface area contributed by atoms with Gasteiger partial charge in [0.25, 0.3) is 5.91 Å². The van der Waals surface area contributed by atoms with Crippen molar-refractivity contribution in [3.8, 4) is 17.1 Å². The number of aliphatic hydroxyl groups is 1. The van der Waals surface area contributed by atoms with Crippen molar-refractivity contribution in [2.75, 3.05) is 19.8 Å². The molecule has 0 aliphatic heterocycles. The van der Waals surface area contributed by atoms with Gasteiger partial charge in [-0.15, -0.1) is 0 Å². The van der Waals surface area contributed by atoms with Gasteiger partial charge in [-0.05, 0) is 42.0 Å². The molecule has 0 fully saturated rings. The molecule has 8 heteroatoms. The second-order valence-corrected chi connectivity index (χ2v) is 6.77. The van der Waals surface area contributed by atoms with Crippen molar-refractivity contribution in [3.05, 3.63) is 66.0 Å². The maximum Gasteiger partial charge on any atom is 0.272 e. The number of carbonyl (C=O) groups is 1. The van der Waals surface area contributed by atoms with Crippen molar-refractivity contribution in [2.24, 2.45) is 0 Å². The molecular weight excluding hydrogens is 368 g/mol. The summed E-state index contributed by atoms with van der Waals surface area (Å²) < 4.78 is 1.84. The van der Waals surface area contributed by atoms with Gasteiger partial charge in [-0.3, -0.25) is 9.36 Å². The van der Waals surface area contributed by atoms with Gasteiger partial charge in [-0.2, -0.15) is 0 Å². The molecule has 3 heterocycles. The van der Waals surface area contributed by atoms with Crippen molar-refractivity contribution >= 4 is 22.9 Å². The minimum Gasteiger partial charge on any atom is -0.392 e. The summed E-state index contributed by atoms with van der Waals surface area (Å²) in [5.41, 5.74) is 9.83. The van der Waals surface area contributed by atoms with Crippen LogP contribution >= 0.6 is 0 Å². The number of benzene rings is 1. The summed E-state index contributed by atoms with van der Waals surface area (Å²) in [5.74, 6) is 0.725. The molecule has 8 nitrogen and oxygen atoms in total. The van der Waals surface area contributed by atoms with Gasteiger partial charge >= 0.3 is 0 Å². The number of carbonyl (C=O) groups excluding carboxylic acids is 1. The zero-order valence-corrected chi connectivity index (χ0v) is 16.1. The molecule has 0 aliphatic carbocycles. The Morgan fingerprint density at radius 3 is 2.52 bits per heavy atom. The normalized spacial score (nSPS) is 11.0. The van der Waals surface area contributed by atoms with Crippen LogP contribution in [0, 0.1) is 0 Å². The monoisotopic (exact) mass is 388 g/mol. The number of imidazole rings is 1. The Labute approximate surface area is 167 Å². The maximum atomic E-state index is 12.4. The van der Waals surface area contributed by atoms with E-state index in [1.54, 1.807) is 38.5 Å². The highest BCUT2D eigenvalue weighted by atomic mass is 16.3. The number of aromatic nitrogens is 4. The molecule has 4 rings (SSSR count). The molecule has 0 spiro atoms. The van der Waals surface area contributed by atoms with Crippen LogP contribution in [0.1, 0.15) is 16.1 Å². The van der Waals surface area contributed by atoms with E-state index in [1.165, 1.54) is 4.90 Å². The van der Waals surface area contributed by atoms with Crippen LogP contribution in [0.2, 0.25) is 0 Å². The number of nitrogens with two attached hydrogens (primary N) is 1. The van der Waals surface area contributed by atoms with E-state index in [9.17, 15) is 9.90 Å². The molecule has 0 radical (unpaired) electrons. The molecule has 1 aromatic carbocycles. The number of nitrogens with zero attached hydrogens (tertiary/aromatic N) is 5.